The van der Waals surface area contributed by atoms with Gasteiger partial charge < -0.3 is 9.73 Å². The Balaban J connectivity index is 1.73. The van der Waals surface area contributed by atoms with Crippen LogP contribution in [0.4, 0.5) is 5.69 Å². The van der Waals surface area contributed by atoms with Crippen molar-refractivity contribution >= 4 is 34.5 Å². The summed E-state index contributed by atoms with van der Waals surface area (Å²) < 4.78 is 5.65. The van der Waals surface area contributed by atoms with Crippen LogP contribution in [0.1, 0.15) is 17.0 Å². The van der Waals surface area contributed by atoms with Crippen molar-refractivity contribution in [2.75, 3.05) is 5.32 Å². The summed E-state index contributed by atoms with van der Waals surface area (Å²) in [7, 11) is 0. The molecular weight excluding hydrogens is 332 g/mol. The van der Waals surface area contributed by atoms with Crippen molar-refractivity contribution < 1.29 is 9.21 Å². The number of amides is 1. The average molecular weight is 347 g/mol. The molecule has 1 aromatic carbocycles. The molecule has 3 rings (SSSR count). The Morgan fingerprint density at radius 3 is 2.87 bits per heavy atom. The summed E-state index contributed by atoms with van der Waals surface area (Å²) in [6.45, 7) is 3.72. The number of nitrogens with zero attached hydrogens (tertiary/aromatic N) is 1. The number of hydrogen-bond donors (Lipinski definition) is 1. The molecule has 0 aliphatic rings. The molecule has 0 fully saturated rings. The highest BCUT2D eigenvalue weighted by Crippen LogP contribution is 2.26. The lowest BCUT2D eigenvalue weighted by atomic mass is 10.2. The highest BCUT2D eigenvalue weighted by Gasteiger charge is 2.15. The number of rotatable bonds is 4. The van der Waals surface area contributed by atoms with Crippen molar-refractivity contribution in [3.05, 3.63) is 57.8 Å². The normalized spacial score (nSPS) is 10.7. The first-order valence-electron chi connectivity index (χ1n) is 7.09. The lowest BCUT2D eigenvalue weighted by Gasteiger charge is -2.08. The predicted octanol–water partition coefficient (Wildman–Crippen LogP) is 4.85. The zero-order chi connectivity index (χ0) is 16.4. The Kier molecular flexibility index (Phi) is 4.50. The van der Waals surface area contributed by atoms with Gasteiger partial charge in [0.1, 0.15) is 5.76 Å². The standard InChI is InChI=1S/C17H15ClN2O2S/c1-10-8-12(18)5-6-13(10)19-16(21)9-14-11(2)22-17(20-14)15-4-3-7-23-15/h3-8H,9H2,1-2H3,(H,19,21). The molecule has 0 saturated heterocycles. The van der Waals surface area contributed by atoms with Crippen molar-refractivity contribution in [1.82, 2.24) is 4.98 Å². The van der Waals surface area contributed by atoms with E-state index in [0.717, 1.165) is 16.1 Å². The molecule has 0 unspecified atom stereocenters. The molecular formula is C17H15ClN2O2S. The number of anilines is 1. The van der Waals surface area contributed by atoms with Crippen LogP contribution in [0.3, 0.4) is 0 Å². The molecule has 2 aromatic heterocycles. The van der Waals surface area contributed by atoms with Crippen molar-refractivity contribution in [2.45, 2.75) is 20.3 Å². The number of nitrogens with one attached hydrogen (secondary N) is 1. The third-order valence-electron chi connectivity index (χ3n) is 3.42. The summed E-state index contributed by atoms with van der Waals surface area (Å²) in [5.74, 6) is 1.09. The molecule has 0 saturated carbocycles. The molecule has 1 N–H and O–H groups in total. The van der Waals surface area contributed by atoms with E-state index in [-0.39, 0.29) is 12.3 Å². The Morgan fingerprint density at radius 1 is 1.35 bits per heavy atom. The molecule has 6 heteroatoms. The van der Waals surface area contributed by atoms with Crippen LogP contribution in [-0.4, -0.2) is 10.9 Å². The predicted molar refractivity (Wildman–Crippen MR) is 93.1 cm³/mol. The second-order valence-corrected chi connectivity index (χ2v) is 6.57. The van der Waals surface area contributed by atoms with Gasteiger partial charge in [-0.25, -0.2) is 4.98 Å². The summed E-state index contributed by atoms with van der Waals surface area (Å²) in [6.07, 6.45) is 0.169. The van der Waals surface area contributed by atoms with Crippen LogP contribution in [0, 0.1) is 13.8 Å². The molecule has 4 nitrogen and oxygen atoms in total. The number of thiophene rings is 1. The van der Waals surface area contributed by atoms with E-state index in [9.17, 15) is 4.79 Å². The van der Waals surface area contributed by atoms with Gasteiger partial charge in [-0.15, -0.1) is 11.3 Å². The van der Waals surface area contributed by atoms with Gasteiger partial charge in [0.15, 0.2) is 0 Å². The first-order chi connectivity index (χ1) is 11.0. The van der Waals surface area contributed by atoms with Gasteiger partial charge in [-0.1, -0.05) is 17.7 Å². The van der Waals surface area contributed by atoms with Crippen LogP contribution in [0.15, 0.2) is 40.1 Å². The Morgan fingerprint density at radius 2 is 2.17 bits per heavy atom. The zero-order valence-electron chi connectivity index (χ0n) is 12.7. The average Bonchev–Trinajstić information content (AvgIpc) is 3.13. The quantitative estimate of drug-likeness (QED) is 0.734. The number of carbonyl (C=O) groups excluding carboxylic acids is 1. The van der Waals surface area contributed by atoms with Crippen LogP contribution in [0.2, 0.25) is 5.02 Å². The minimum absolute atomic E-state index is 0.135. The van der Waals surface area contributed by atoms with Crippen LogP contribution in [0.25, 0.3) is 10.8 Å². The van der Waals surface area contributed by atoms with Crippen LogP contribution in [0.5, 0.6) is 0 Å². The third-order valence-corrected chi connectivity index (χ3v) is 4.51. The largest absolute Gasteiger partial charge is 0.440 e. The van der Waals surface area contributed by atoms with E-state index in [4.69, 9.17) is 16.0 Å². The fourth-order valence-corrected chi connectivity index (χ4v) is 3.09. The highest BCUT2D eigenvalue weighted by molar-refractivity contribution is 7.13. The minimum Gasteiger partial charge on any atom is -0.440 e. The van der Waals surface area contributed by atoms with E-state index in [1.165, 1.54) is 0 Å². The molecule has 2 heterocycles. The van der Waals surface area contributed by atoms with Gasteiger partial charge in [-0.2, -0.15) is 0 Å². The maximum Gasteiger partial charge on any atom is 0.236 e. The van der Waals surface area contributed by atoms with Gasteiger partial charge in [-0.3, -0.25) is 4.79 Å². The van der Waals surface area contributed by atoms with Crippen molar-refractivity contribution in [3.63, 3.8) is 0 Å². The van der Waals surface area contributed by atoms with Crippen molar-refractivity contribution in [3.8, 4) is 10.8 Å². The summed E-state index contributed by atoms with van der Waals surface area (Å²) in [5.41, 5.74) is 2.32. The molecule has 0 spiro atoms. The van der Waals surface area contributed by atoms with E-state index in [0.29, 0.717) is 22.4 Å². The molecule has 0 radical (unpaired) electrons. The minimum atomic E-state index is -0.135. The maximum atomic E-state index is 12.2. The highest BCUT2D eigenvalue weighted by atomic mass is 35.5. The molecule has 0 aliphatic carbocycles. The molecule has 3 aromatic rings. The second-order valence-electron chi connectivity index (χ2n) is 5.18. The lowest BCUT2D eigenvalue weighted by Crippen LogP contribution is -2.15. The summed E-state index contributed by atoms with van der Waals surface area (Å²) in [6, 6.07) is 9.24. The first-order valence-corrected chi connectivity index (χ1v) is 8.35. The first kappa shape index (κ1) is 15.8. The molecule has 1 amide bonds. The Bertz CT molecular complexity index is 840. The third kappa shape index (κ3) is 3.63. The van der Waals surface area contributed by atoms with E-state index in [2.05, 4.69) is 10.3 Å². The van der Waals surface area contributed by atoms with Gasteiger partial charge in [0.2, 0.25) is 11.8 Å². The van der Waals surface area contributed by atoms with E-state index in [1.807, 2.05) is 37.4 Å². The van der Waals surface area contributed by atoms with Crippen LogP contribution < -0.4 is 5.32 Å². The van der Waals surface area contributed by atoms with Gasteiger partial charge in [-0.05, 0) is 49.1 Å². The summed E-state index contributed by atoms with van der Waals surface area (Å²) >= 11 is 7.48. The number of hydrogen-bond acceptors (Lipinski definition) is 4. The van der Waals surface area contributed by atoms with Crippen LogP contribution in [-0.2, 0) is 11.2 Å². The number of carbonyl (C=O) groups is 1. The Labute approximate surface area is 143 Å². The van der Waals surface area contributed by atoms with Gasteiger partial charge in [0, 0.05) is 10.7 Å². The zero-order valence-corrected chi connectivity index (χ0v) is 14.3. The van der Waals surface area contributed by atoms with Gasteiger partial charge in [0.25, 0.3) is 0 Å². The molecule has 0 atom stereocenters. The molecule has 0 bridgehead atoms. The number of aromatic nitrogens is 1. The number of benzene rings is 1. The monoisotopic (exact) mass is 346 g/mol. The molecule has 23 heavy (non-hydrogen) atoms. The fraction of sp³-hybridized carbons (Fsp3) is 0.176. The summed E-state index contributed by atoms with van der Waals surface area (Å²) in [4.78, 5) is 17.6. The van der Waals surface area contributed by atoms with E-state index in [1.54, 1.807) is 23.5 Å². The number of aryl methyl sites for hydroxylation is 2. The second kappa shape index (κ2) is 6.56. The molecule has 118 valence electrons. The Hall–Kier alpha value is -2.11. The fourth-order valence-electron chi connectivity index (χ4n) is 2.21. The van der Waals surface area contributed by atoms with E-state index >= 15 is 0 Å². The smallest absolute Gasteiger partial charge is 0.236 e. The van der Waals surface area contributed by atoms with Gasteiger partial charge in [0.05, 0.1) is 17.0 Å². The van der Waals surface area contributed by atoms with Gasteiger partial charge >= 0.3 is 0 Å². The van der Waals surface area contributed by atoms with E-state index < -0.39 is 0 Å². The molecule has 0 aliphatic heterocycles. The number of halogens is 1. The SMILES string of the molecule is Cc1cc(Cl)ccc1NC(=O)Cc1nc(-c2cccs2)oc1C. The topological polar surface area (TPSA) is 55.1 Å². The summed E-state index contributed by atoms with van der Waals surface area (Å²) in [5, 5.41) is 5.49. The van der Waals surface area contributed by atoms with Crippen LogP contribution >= 0.6 is 22.9 Å². The van der Waals surface area contributed by atoms with Crippen molar-refractivity contribution in [1.29, 1.82) is 0 Å². The maximum absolute atomic E-state index is 12.2. The lowest BCUT2D eigenvalue weighted by molar-refractivity contribution is -0.115. The number of oxazole rings is 1. The van der Waals surface area contributed by atoms with Crippen molar-refractivity contribution in [2.24, 2.45) is 0 Å².